The molecule has 3 aromatic rings. The number of hydrogen-bond donors (Lipinski definition) is 1. The van der Waals surface area contributed by atoms with Gasteiger partial charge in [-0.25, -0.2) is 9.97 Å². The molecule has 1 fully saturated rings. The number of amides is 1. The molecule has 0 unspecified atom stereocenters. The van der Waals surface area contributed by atoms with Gasteiger partial charge < -0.3 is 14.6 Å². The number of nitrogens with zero attached hydrogens (tertiary/aromatic N) is 3. The number of fused-ring (bicyclic) bond motifs is 1. The van der Waals surface area contributed by atoms with Crippen LogP contribution in [0.25, 0.3) is 11.0 Å². The number of para-hydroxylation sites is 1. The molecule has 116 valence electrons. The number of anilines is 2. The summed E-state index contributed by atoms with van der Waals surface area (Å²) in [7, 11) is 0. The molecule has 23 heavy (non-hydrogen) atoms. The second-order valence-corrected chi connectivity index (χ2v) is 5.55. The standard InChI is InChI=1S/C17H16N4O2/c22-17(13-10-23-15-6-2-1-5-12(13)15)20-14-9-18-11-19-16(14)21-7-3-4-8-21/h1-2,5-6,9-11H,3-4,7-8H2,(H,20,22). The summed E-state index contributed by atoms with van der Waals surface area (Å²) in [6.45, 7) is 1.91. The van der Waals surface area contributed by atoms with E-state index in [0.717, 1.165) is 37.1 Å². The lowest BCUT2D eigenvalue weighted by Crippen LogP contribution is -2.22. The van der Waals surface area contributed by atoms with Gasteiger partial charge in [-0.05, 0) is 18.9 Å². The van der Waals surface area contributed by atoms with Crippen molar-refractivity contribution in [2.24, 2.45) is 0 Å². The molecule has 0 spiro atoms. The fourth-order valence-electron chi connectivity index (χ4n) is 2.94. The van der Waals surface area contributed by atoms with E-state index < -0.39 is 0 Å². The molecule has 0 aliphatic carbocycles. The van der Waals surface area contributed by atoms with Crippen molar-refractivity contribution in [3.8, 4) is 0 Å². The molecule has 1 N–H and O–H groups in total. The van der Waals surface area contributed by atoms with Crippen LogP contribution in [0.1, 0.15) is 23.2 Å². The summed E-state index contributed by atoms with van der Waals surface area (Å²) in [6.07, 6.45) is 6.92. The van der Waals surface area contributed by atoms with Crippen molar-refractivity contribution in [3.63, 3.8) is 0 Å². The van der Waals surface area contributed by atoms with E-state index in [4.69, 9.17) is 4.42 Å². The van der Waals surface area contributed by atoms with Gasteiger partial charge in [0.1, 0.15) is 23.9 Å². The number of hydrogen-bond acceptors (Lipinski definition) is 5. The minimum absolute atomic E-state index is 0.217. The van der Waals surface area contributed by atoms with E-state index >= 15 is 0 Å². The number of carbonyl (C=O) groups excluding carboxylic acids is 1. The SMILES string of the molecule is O=C(Nc1cncnc1N1CCCC1)c1coc2ccccc12. The second-order valence-electron chi connectivity index (χ2n) is 5.55. The minimum atomic E-state index is -0.217. The monoisotopic (exact) mass is 308 g/mol. The van der Waals surface area contributed by atoms with Crippen LogP contribution in [0.3, 0.4) is 0 Å². The topological polar surface area (TPSA) is 71.3 Å². The molecule has 1 aromatic carbocycles. The molecule has 6 nitrogen and oxygen atoms in total. The maximum absolute atomic E-state index is 12.6. The molecule has 0 atom stereocenters. The Morgan fingerprint density at radius 3 is 2.91 bits per heavy atom. The zero-order chi connectivity index (χ0) is 15.6. The highest BCUT2D eigenvalue weighted by atomic mass is 16.3. The lowest BCUT2D eigenvalue weighted by Gasteiger charge is -2.19. The van der Waals surface area contributed by atoms with E-state index in [0.29, 0.717) is 16.8 Å². The molecule has 1 aliphatic rings. The van der Waals surface area contributed by atoms with Crippen molar-refractivity contribution in [3.05, 3.63) is 48.6 Å². The van der Waals surface area contributed by atoms with Crippen LogP contribution in [0.4, 0.5) is 11.5 Å². The molecule has 3 heterocycles. The van der Waals surface area contributed by atoms with Gasteiger partial charge in [-0.2, -0.15) is 0 Å². The Labute approximate surface area is 133 Å². The molecular weight excluding hydrogens is 292 g/mol. The van der Waals surface area contributed by atoms with Gasteiger partial charge in [0, 0.05) is 18.5 Å². The normalized spacial score (nSPS) is 14.3. The lowest BCUT2D eigenvalue weighted by molar-refractivity contribution is 0.102. The van der Waals surface area contributed by atoms with E-state index in [1.54, 1.807) is 6.20 Å². The van der Waals surface area contributed by atoms with Crippen LogP contribution in [0, 0.1) is 0 Å². The number of nitrogens with one attached hydrogen (secondary N) is 1. The molecule has 4 rings (SSSR count). The zero-order valence-corrected chi connectivity index (χ0v) is 12.5. The number of aromatic nitrogens is 2. The first-order chi connectivity index (χ1) is 11.3. The van der Waals surface area contributed by atoms with Crippen molar-refractivity contribution in [1.82, 2.24) is 9.97 Å². The van der Waals surface area contributed by atoms with Crippen molar-refractivity contribution >= 4 is 28.4 Å². The first-order valence-corrected chi connectivity index (χ1v) is 7.65. The Kier molecular flexibility index (Phi) is 3.42. The number of furan rings is 1. The van der Waals surface area contributed by atoms with E-state index in [-0.39, 0.29) is 5.91 Å². The zero-order valence-electron chi connectivity index (χ0n) is 12.5. The van der Waals surface area contributed by atoms with Gasteiger partial charge in [-0.3, -0.25) is 4.79 Å². The number of benzene rings is 1. The average Bonchev–Trinajstić information content (AvgIpc) is 3.25. The van der Waals surface area contributed by atoms with Gasteiger partial charge in [0.05, 0.1) is 11.8 Å². The second kappa shape index (κ2) is 5.72. The quantitative estimate of drug-likeness (QED) is 0.805. The van der Waals surface area contributed by atoms with E-state index in [1.165, 1.54) is 12.6 Å². The van der Waals surface area contributed by atoms with Crippen LogP contribution in [-0.4, -0.2) is 29.0 Å². The van der Waals surface area contributed by atoms with Gasteiger partial charge in [0.25, 0.3) is 5.91 Å². The third kappa shape index (κ3) is 2.52. The van der Waals surface area contributed by atoms with E-state index in [9.17, 15) is 4.79 Å². The van der Waals surface area contributed by atoms with E-state index in [1.807, 2.05) is 24.3 Å². The fourth-order valence-corrected chi connectivity index (χ4v) is 2.94. The largest absolute Gasteiger partial charge is 0.463 e. The van der Waals surface area contributed by atoms with Crippen LogP contribution in [0.5, 0.6) is 0 Å². The minimum Gasteiger partial charge on any atom is -0.463 e. The predicted molar refractivity (Wildman–Crippen MR) is 87.6 cm³/mol. The molecule has 0 bridgehead atoms. The molecular formula is C17H16N4O2. The highest BCUT2D eigenvalue weighted by molar-refractivity contribution is 6.12. The lowest BCUT2D eigenvalue weighted by atomic mass is 10.1. The highest BCUT2D eigenvalue weighted by Gasteiger charge is 2.20. The van der Waals surface area contributed by atoms with Gasteiger partial charge in [0.15, 0.2) is 5.82 Å². The number of carbonyl (C=O) groups is 1. The summed E-state index contributed by atoms with van der Waals surface area (Å²) in [5, 5.41) is 3.71. The smallest absolute Gasteiger partial charge is 0.259 e. The van der Waals surface area contributed by atoms with Crippen molar-refractivity contribution in [2.75, 3.05) is 23.3 Å². The van der Waals surface area contributed by atoms with Gasteiger partial charge in [-0.1, -0.05) is 18.2 Å². The molecule has 2 aromatic heterocycles. The van der Waals surface area contributed by atoms with Gasteiger partial charge >= 0.3 is 0 Å². The number of rotatable bonds is 3. The molecule has 0 saturated carbocycles. The molecule has 1 aliphatic heterocycles. The van der Waals surface area contributed by atoms with Crippen molar-refractivity contribution in [1.29, 1.82) is 0 Å². The first-order valence-electron chi connectivity index (χ1n) is 7.65. The van der Waals surface area contributed by atoms with E-state index in [2.05, 4.69) is 20.2 Å². The third-order valence-electron chi connectivity index (χ3n) is 4.07. The predicted octanol–water partition coefficient (Wildman–Crippen LogP) is 3.08. The summed E-state index contributed by atoms with van der Waals surface area (Å²) in [5.74, 6) is 0.559. The molecule has 0 radical (unpaired) electrons. The van der Waals surface area contributed by atoms with Crippen LogP contribution in [0.2, 0.25) is 0 Å². The first kappa shape index (κ1) is 13.8. The van der Waals surface area contributed by atoms with Crippen molar-refractivity contribution in [2.45, 2.75) is 12.8 Å². The summed E-state index contributed by atoms with van der Waals surface area (Å²) in [5.41, 5.74) is 1.84. The van der Waals surface area contributed by atoms with Crippen LogP contribution in [0.15, 0.2) is 47.5 Å². The van der Waals surface area contributed by atoms with Crippen LogP contribution >= 0.6 is 0 Å². The maximum Gasteiger partial charge on any atom is 0.259 e. The summed E-state index contributed by atoms with van der Waals surface area (Å²) < 4.78 is 5.44. The molecule has 6 heteroatoms. The highest BCUT2D eigenvalue weighted by Crippen LogP contribution is 2.27. The maximum atomic E-state index is 12.6. The third-order valence-corrected chi connectivity index (χ3v) is 4.07. The summed E-state index contributed by atoms with van der Waals surface area (Å²) in [6, 6.07) is 7.48. The van der Waals surface area contributed by atoms with Crippen molar-refractivity contribution < 1.29 is 9.21 Å². The Hall–Kier alpha value is -2.89. The summed E-state index contributed by atoms with van der Waals surface area (Å²) >= 11 is 0. The Balaban J connectivity index is 1.64. The fraction of sp³-hybridized carbons (Fsp3) is 0.235. The summed E-state index contributed by atoms with van der Waals surface area (Å²) in [4.78, 5) is 23.2. The average molecular weight is 308 g/mol. The molecule has 1 amide bonds. The Morgan fingerprint density at radius 2 is 2.04 bits per heavy atom. The van der Waals surface area contributed by atoms with Gasteiger partial charge in [-0.15, -0.1) is 0 Å². The van der Waals surface area contributed by atoms with Crippen LogP contribution < -0.4 is 10.2 Å². The van der Waals surface area contributed by atoms with Gasteiger partial charge in [0.2, 0.25) is 0 Å². The molecule has 1 saturated heterocycles. The van der Waals surface area contributed by atoms with Crippen LogP contribution in [-0.2, 0) is 0 Å². The Bertz CT molecular complexity index is 852. The Morgan fingerprint density at radius 1 is 1.22 bits per heavy atom.